The Morgan fingerprint density at radius 3 is 2.07 bits per heavy atom. The molecule has 14 heavy (non-hydrogen) atoms. The van der Waals surface area contributed by atoms with Crippen LogP contribution in [0.1, 0.15) is 0 Å². The Labute approximate surface area is 95.1 Å². The van der Waals surface area contributed by atoms with Gasteiger partial charge in [-0.15, -0.1) is 0 Å². The molecule has 82 valence electrons. The molecule has 0 unspecified atom stereocenters. The number of aliphatic carboxylic acids is 1. The van der Waals surface area contributed by atoms with E-state index in [1.165, 1.54) is 3.11 Å². The predicted octanol–water partition coefficient (Wildman–Crippen LogP) is -1.49. The number of nitrogens with two attached hydrogens (primary N) is 3. The van der Waals surface area contributed by atoms with Gasteiger partial charge in [0.1, 0.15) is 0 Å². The zero-order chi connectivity index (χ0) is 11.7. The number of rotatable bonds is 1. The van der Waals surface area contributed by atoms with Gasteiger partial charge < -0.3 is 22.3 Å². The molecule has 0 radical (unpaired) electrons. The lowest BCUT2D eigenvalue weighted by Crippen LogP contribution is -2.26. The maximum Gasteiger partial charge on any atom is 0.317 e. The van der Waals surface area contributed by atoms with E-state index >= 15 is 0 Å². The van der Waals surface area contributed by atoms with E-state index in [1.807, 2.05) is 22.9 Å². The molecular formula is C5H13IN6O2. The minimum absolute atomic E-state index is 0.0376. The molecular weight excluding hydrogens is 303 g/mol. The highest BCUT2D eigenvalue weighted by molar-refractivity contribution is 14.1. The van der Waals surface area contributed by atoms with Gasteiger partial charge in [0.15, 0.2) is 5.96 Å². The summed E-state index contributed by atoms with van der Waals surface area (Å²) in [7, 11) is 1.68. The lowest BCUT2D eigenvalue weighted by molar-refractivity contribution is -0.135. The zero-order valence-electron chi connectivity index (χ0n) is 7.57. The van der Waals surface area contributed by atoms with Gasteiger partial charge in [0.25, 0.3) is 0 Å². The van der Waals surface area contributed by atoms with Crippen LogP contribution in [0, 0.1) is 5.41 Å². The lowest BCUT2D eigenvalue weighted by atomic mass is 10.7. The Bertz CT molecular complexity index is 224. The van der Waals surface area contributed by atoms with Crippen LogP contribution in [0.3, 0.4) is 0 Å². The Hall–Kier alpha value is -1.10. The van der Waals surface area contributed by atoms with Crippen molar-refractivity contribution in [3.63, 3.8) is 0 Å². The molecule has 0 aromatic heterocycles. The largest absolute Gasteiger partial charge is 0.480 e. The highest BCUT2D eigenvalue weighted by atomic mass is 127. The Morgan fingerprint density at radius 2 is 2.00 bits per heavy atom. The molecule has 0 bridgehead atoms. The molecule has 0 atom stereocenters. The van der Waals surface area contributed by atoms with E-state index in [4.69, 9.17) is 22.0 Å². The van der Waals surface area contributed by atoms with Crippen LogP contribution in [0.2, 0.25) is 0 Å². The van der Waals surface area contributed by atoms with Crippen molar-refractivity contribution in [1.82, 2.24) is 3.11 Å². The van der Waals surface area contributed by atoms with Crippen molar-refractivity contribution in [3.05, 3.63) is 0 Å². The standard InChI is InChI=1S/C3H8IN5.C2H5NO2/c1-9(4)3(7)8-2(5)6;3-1-2(4)5/h1H3,(H5,5,6,7,8);1,3H2,(H,4,5). The third-order valence-electron chi connectivity index (χ3n) is 0.701. The van der Waals surface area contributed by atoms with Gasteiger partial charge in [-0.1, -0.05) is 0 Å². The molecule has 0 amide bonds. The fourth-order valence-electron chi connectivity index (χ4n) is 0.191. The van der Waals surface area contributed by atoms with Crippen LogP contribution in [-0.2, 0) is 4.79 Å². The molecule has 0 rings (SSSR count). The second-order valence-electron chi connectivity index (χ2n) is 1.94. The van der Waals surface area contributed by atoms with Crippen LogP contribution in [0.4, 0.5) is 0 Å². The number of nitrogens with one attached hydrogen (secondary N) is 1. The number of aliphatic imine (C=N–C) groups is 1. The summed E-state index contributed by atoms with van der Waals surface area (Å²) < 4.78 is 1.47. The summed E-state index contributed by atoms with van der Waals surface area (Å²) in [5.41, 5.74) is 14.5. The summed E-state index contributed by atoms with van der Waals surface area (Å²) in [6, 6.07) is 0. The molecule has 8 N–H and O–H groups in total. The van der Waals surface area contributed by atoms with Crippen molar-refractivity contribution < 1.29 is 9.90 Å². The molecule has 0 aromatic rings. The van der Waals surface area contributed by atoms with Gasteiger partial charge in [-0.2, -0.15) is 4.99 Å². The van der Waals surface area contributed by atoms with Crippen molar-refractivity contribution in [1.29, 1.82) is 5.41 Å². The number of nitrogens with zero attached hydrogens (tertiary/aromatic N) is 2. The fourth-order valence-corrected chi connectivity index (χ4v) is 0.299. The molecule has 0 fully saturated rings. The summed E-state index contributed by atoms with van der Waals surface area (Å²) in [5.74, 6) is -1.02. The third-order valence-corrected chi connectivity index (χ3v) is 1.16. The van der Waals surface area contributed by atoms with Crippen molar-refractivity contribution in [2.45, 2.75) is 0 Å². The minimum atomic E-state index is -0.968. The zero-order valence-corrected chi connectivity index (χ0v) is 9.72. The van der Waals surface area contributed by atoms with Crippen LogP contribution in [0.5, 0.6) is 0 Å². The molecule has 8 nitrogen and oxygen atoms in total. The van der Waals surface area contributed by atoms with Gasteiger partial charge in [0.05, 0.1) is 29.4 Å². The molecule has 0 saturated carbocycles. The second-order valence-corrected chi connectivity index (χ2v) is 3.38. The highest BCUT2D eigenvalue weighted by Crippen LogP contribution is 1.93. The third kappa shape index (κ3) is 13.5. The van der Waals surface area contributed by atoms with E-state index in [0.717, 1.165) is 0 Å². The fraction of sp³-hybridized carbons (Fsp3) is 0.400. The molecule has 0 aromatic carbocycles. The maximum absolute atomic E-state index is 9.24. The SMILES string of the molecule is CN(I)C(=N)N=C(N)N.NCC(=O)O. The Balaban J connectivity index is 0. The number of hydrogen-bond donors (Lipinski definition) is 5. The number of halogens is 1. The van der Waals surface area contributed by atoms with Crippen LogP contribution in [-0.4, -0.2) is 39.7 Å². The summed E-state index contributed by atoms with van der Waals surface area (Å²) in [5, 5.41) is 14.6. The number of carbonyl (C=O) groups is 1. The minimum Gasteiger partial charge on any atom is -0.480 e. The van der Waals surface area contributed by atoms with Gasteiger partial charge in [-0.05, 0) is 0 Å². The molecule has 0 aliphatic heterocycles. The van der Waals surface area contributed by atoms with Crippen LogP contribution in [0.15, 0.2) is 4.99 Å². The molecule has 0 spiro atoms. The smallest absolute Gasteiger partial charge is 0.317 e. The van der Waals surface area contributed by atoms with E-state index < -0.39 is 5.97 Å². The first-order valence-corrected chi connectivity index (χ1v) is 4.27. The van der Waals surface area contributed by atoms with Gasteiger partial charge >= 0.3 is 5.97 Å². The van der Waals surface area contributed by atoms with Gasteiger partial charge in [0, 0.05) is 7.05 Å². The van der Waals surface area contributed by atoms with Crippen molar-refractivity contribution in [2.24, 2.45) is 22.2 Å². The summed E-state index contributed by atoms with van der Waals surface area (Å²) in [4.78, 5) is 12.7. The van der Waals surface area contributed by atoms with Crippen LogP contribution < -0.4 is 17.2 Å². The Morgan fingerprint density at radius 1 is 1.64 bits per heavy atom. The first-order chi connectivity index (χ1) is 6.31. The van der Waals surface area contributed by atoms with E-state index in [1.54, 1.807) is 7.05 Å². The molecule has 9 heteroatoms. The monoisotopic (exact) mass is 316 g/mol. The van der Waals surface area contributed by atoms with E-state index in [2.05, 4.69) is 10.7 Å². The molecule has 0 heterocycles. The van der Waals surface area contributed by atoms with Gasteiger partial charge in [0.2, 0.25) is 5.96 Å². The number of carboxylic acids is 1. The van der Waals surface area contributed by atoms with Gasteiger partial charge in [-0.25, -0.2) is 0 Å². The molecule has 0 aliphatic rings. The highest BCUT2D eigenvalue weighted by Gasteiger charge is 1.95. The number of guanidine groups is 2. The second kappa shape index (κ2) is 8.50. The van der Waals surface area contributed by atoms with Crippen LogP contribution in [0.25, 0.3) is 0 Å². The lowest BCUT2D eigenvalue weighted by Gasteiger charge is -2.04. The van der Waals surface area contributed by atoms with E-state index in [0.29, 0.717) is 0 Å². The van der Waals surface area contributed by atoms with E-state index in [-0.39, 0.29) is 18.5 Å². The van der Waals surface area contributed by atoms with Gasteiger partial charge in [-0.3, -0.25) is 13.3 Å². The quantitative estimate of drug-likeness (QED) is 0.172. The molecule has 0 saturated heterocycles. The maximum atomic E-state index is 9.24. The summed E-state index contributed by atoms with van der Waals surface area (Å²) in [6.45, 7) is -0.278. The number of hydrogen-bond acceptors (Lipinski definition) is 3. The molecule has 0 aliphatic carbocycles. The average Bonchev–Trinajstić information content (AvgIpc) is 2.04. The topological polar surface area (TPSA) is 155 Å². The van der Waals surface area contributed by atoms with Crippen LogP contribution >= 0.6 is 22.9 Å². The van der Waals surface area contributed by atoms with E-state index in [9.17, 15) is 4.79 Å². The first kappa shape index (κ1) is 15.4. The summed E-state index contributed by atoms with van der Waals surface area (Å²) >= 11 is 1.89. The average molecular weight is 316 g/mol. The normalized spacial score (nSPS) is 7.93. The number of carboxylic acid groups (broad SMARTS) is 1. The van der Waals surface area contributed by atoms with Crippen molar-refractivity contribution in [2.75, 3.05) is 13.6 Å². The van der Waals surface area contributed by atoms with Crippen molar-refractivity contribution in [3.8, 4) is 0 Å². The first-order valence-electron chi connectivity index (χ1n) is 3.30. The van der Waals surface area contributed by atoms with Crippen molar-refractivity contribution >= 4 is 40.8 Å². The Kier molecular flexibility index (Phi) is 9.33. The summed E-state index contributed by atoms with van der Waals surface area (Å²) in [6.07, 6.45) is 0. The predicted molar refractivity (Wildman–Crippen MR) is 62.0 cm³/mol.